The van der Waals surface area contributed by atoms with Crippen molar-refractivity contribution >= 4 is 35.6 Å². The van der Waals surface area contributed by atoms with Gasteiger partial charge < -0.3 is 4.55 Å². The van der Waals surface area contributed by atoms with Crippen molar-refractivity contribution in [1.29, 1.82) is 0 Å². The second-order valence-corrected chi connectivity index (χ2v) is 3.93. The summed E-state index contributed by atoms with van der Waals surface area (Å²) in [6.07, 6.45) is 0. The summed E-state index contributed by atoms with van der Waals surface area (Å²) >= 11 is 1.60. The van der Waals surface area contributed by atoms with Gasteiger partial charge >= 0.3 is 0 Å². The normalized spacial score (nSPS) is 13.0. The van der Waals surface area contributed by atoms with Gasteiger partial charge in [-0.25, -0.2) is 0 Å². The van der Waals surface area contributed by atoms with Crippen molar-refractivity contribution in [1.82, 2.24) is 4.72 Å². The van der Waals surface area contributed by atoms with Crippen LogP contribution in [-0.4, -0.2) is 10.5 Å². The molecule has 0 heterocycles. The molecule has 0 aliphatic rings. The van der Waals surface area contributed by atoms with Gasteiger partial charge in [-0.3, -0.25) is 4.79 Å². The predicted molar refractivity (Wildman–Crippen MR) is 36.0 cm³/mol. The molecule has 0 aromatic heterocycles. The highest BCUT2D eigenvalue weighted by Crippen LogP contribution is 1.93. The molecule has 0 radical (unpaired) electrons. The van der Waals surface area contributed by atoms with E-state index < -0.39 is 8.53 Å². The van der Waals surface area contributed by atoms with Crippen LogP contribution in [0.1, 0.15) is 6.92 Å². The molecular weight excluding hydrogens is 229 g/mol. The Kier molecular flexibility index (Phi) is 3.76. The van der Waals surface area contributed by atoms with Gasteiger partial charge in [-0.05, 0) is 0 Å². The molecule has 0 bridgehead atoms. The number of carbonyl (C=O) groups excluding carboxylic acids is 1. The van der Waals surface area contributed by atoms with E-state index in [1.807, 2.05) is 0 Å². The summed E-state index contributed by atoms with van der Waals surface area (Å²) in [6, 6.07) is 0. The van der Waals surface area contributed by atoms with E-state index in [0.29, 0.717) is 0 Å². The van der Waals surface area contributed by atoms with Crippen molar-refractivity contribution in [3.05, 3.63) is 0 Å². The molecule has 3 nitrogen and oxygen atoms in total. The maximum atomic E-state index is 10.0. The molecule has 0 aliphatic carbocycles. The Bertz CT molecular complexity index is 76.1. The lowest BCUT2D eigenvalue weighted by atomic mass is 10.8. The van der Waals surface area contributed by atoms with Crippen LogP contribution in [0.2, 0.25) is 0 Å². The first-order valence-corrected chi connectivity index (χ1v) is 5.17. The molecule has 1 atom stereocenters. The summed E-state index contributed by atoms with van der Waals surface area (Å²) in [5.74, 6) is -0.271. The number of halogens is 1. The lowest BCUT2D eigenvalue weighted by molar-refractivity contribution is -0.117. The van der Waals surface area contributed by atoms with Crippen LogP contribution in [0.15, 0.2) is 0 Å². The van der Waals surface area contributed by atoms with Gasteiger partial charge in [0.2, 0.25) is 0 Å². The minimum Gasteiger partial charge on any atom is -0.585 e. The van der Waals surface area contributed by atoms with Crippen molar-refractivity contribution in [2.24, 2.45) is 0 Å². The van der Waals surface area contributed by atoms with Gasteiger partial charge in [0, 0.05) is 6.92 Å². The Morgan fingerprint density at radius 2 is 2.43 bits per heavy atom. The van der Waals surface area contributed by atoms with E-state index in [0.717, 1.165) is 0 Å². The van der Waals surface area contributed by atoms with Gasteiger partial charge in [0.05, 0.1) is 0 Å². The first-order valence-electron chi connectivity index (χ1n) is 1.48. The standard InChI is InChI=1S/C2H4INO2S/c1-2(5)4-7(3)6/h1H3,(H,4,5). The van der Waals surface area contributed by atoms with Crippen molar-refractivity contribution in [2.75, 3.05) is 0 Å². The lowest BCUT2D eigenvalue weighted by Crippen LogP contribution is -2.22. The number of hydrogen-bond acceptors (Lipinski definition) is 2. The second kappa shape index (κ2) is 3.50. The van der Waals surface area contributed by atoms with Gasteiger partial charge in [0.15, 0.2) is 0 Å². The zero-order chi connectivity index (χ0) is 5.86. The second-order valence-electron chi connectivity index (χ2n) is 0.882. The van der Waals surface area contributed by atoms with Crippen LogP contribution in [0.4, 0.5) is 0 Å². The number of hydrogen-bond donors (Lipinski definition) is 1. The quantitative estimate of drug-likeness (QED) is 0.517. The fourth-order valence-corrected chi connectivity index (χ4v) is 1.27. The van der Waals surface area contributed by atoms with Crippen LogP contribution in [0.5, 0.6) is 0 Å². The summed E-state index contributed by atoms with van der Waals surface area (Å²) in [5, 5.41) is 0. The average Bonchev–Trinajstić information content (AvgIpc) is 1.27. The van der Waals surface area contributed by atoms with Crippen molar-refractivity contribution in [2.45, 2.75) is 6.92 Å². The molecule has 0 saturated heterocycles. The molecule has 1 N–H and O–H groups in total. The fourth-order valence-electron chi connectivity index (χ4n) is 0.113. The van der Waals surface area contributed by atoms with Crippen molar-refractivity contribution < 1.29 is 9.35 Å². The Labute approximate surface area is 56.8 Å². The first kappa shape index (κ1) is 7.51. The Balaban J connectivity index is 3.13. The largest absolute Gasteiger partial charge is 0.585 e. The maximum Gasteiger partial charge on any atom is 0.281 e. The number of carbonyl (C=O) groups is 1. The summed E-state index contributed by atoms with van der Waals surface area (Å²) in [5.41, 5.74) is 0. The van der Waals surface area contributed by atoms with E-state index in [1.165, 1.54) is 6.92 Å². The third kappa shape index (κ3) is 6.51. The van der Waals surface area contributed by atoms with Gasteiger partial charge in [0.1, 0.15) is 8.53 Å². The lowest BCUT2D eigenvalue weighted by Gasteiger charge is -1.96. The van der Waals surface area contributed by atoms with E-state index in [2.05, 4.69) is 4.72 Å². The summed E-state index contributed by atoms with van der Waals surface area (Å²) in [6.45, 7) is 1.32. The molecule has 0 saturated carbocycles. The van der Waals surface area contributed by atoms with E-state index >= 15 is 0 Å². The highest BCUT2D eigenvalue weighted by Gasteiger charge is 1.99. The molecule has 1 unspecified atom stereocenters. The molecular formula is C2H4INO2S. The van der Waals surface area contributed by atoms with Crippen molar-refractivity contribution in [3.63, 3.8) is 0 Å². The summed E-state index contributed by atoms with van der Waals surface area (Å²) in [7, 11) is -1.23. The van der Waals surface area contributed by atoms with Crippen molar-refractivity contribution in [3.8, 4) is 0 Å². The minimum atomic E-state index is -1.23. The third-order valence-electron chi connectivity index (χ3n) is 0.224. The van der Waals surface area contributed by atoms with Gasteiger partial charge in [-0.1, -0.05) is 0 Å². The number of rotatable bonds is 1. The van der Waals surface area contributed by atoms with Crippen LogP contribution in [0.25, 0.3) is 0 Å². The summed E-state index contributed by atoms with van der Waals surface area (Å²) in [4.78, 5) is 9.95. The first-order chi connectivity index (χ1) is 3.13. The van der Waals surface area contributed by atoms with Gasteiger partial charge in [-0.15, -0.1) is 0 Å². The van der Waals surface area contributed by atoms with Crippen LogP contribution >= 0.6 is 21.2 Å². The van der Waals surface area contributed by atoms with Crippen LogP contribution in [0.3, 0.4) is 0 Å². The monoisotopic (exact) mass is 233 g/mol. The molecule has 42 valence electrons. The van der Waals surface area contributed by atoms with E-state index in [9.17, 15) is 9.35 Å². The Morgan fingerprint density at radius 3 is 2.43 bits per heavy atom. The van der Waals surface area contributed by atoms with Gasteiger partial charge in [-0.2, -0.15) is 4.72 Å². The zero-order valence-corrected chi connectivity index (χ0v) is 6.58. The molecule has 0 spiro atoms. The van der Waals surface area contributed by atoms with Crippen LogP contribution < -0.4 is 4.72 Å². The smallest absolute Gasteiger partial charge is 0.281 e. The average molecular weight is 233 g/mol. The topological polar surface area (TPSA) is 52.2 Å². The minimum absolute atomic E-state index is 0.271. The Morgan fingerprint density at radius 1 is 2.00 bits per heavy atom. The zero-order valence-electron chi connectivity index (χ0n) is 3.60. The molecule has 7 heavy (non-hydrogen) atoms. The SMILES string of the molecule is CC(=O)N[S+]([O-])I. The molecule has 0 fully saturated rings. The van der Waals surface area contributed by atoms with Crippen LogP contribution in [0, 0.1) is 0 Å². The highest BCUT2D eigenvalue weighted by atomic mass is 127. The third-order valence-corrected chi connectivity index (χ3v) is 1.33. The molecule has 0 aromatic carbocycles. The van der Waals surface area contributed by atoms with E-state index in [4.69, 9.17) is 0 Å². The fraction of sp³-hybridized carbons (Fsp3) is 0.500. The Hall–Kier alpha value is 0.510. The maximum absolute atomic E-state index is 10.0. The molecule has 0 aromatic rings. The van der Waals surface area contributed by atoms with Gasteiger partial charge in [0.25, 0.3) is 27.1 Å². The predicted octanol–water partition coefficient (Wildman–Crippen LogP) is 0.136. The molecule has 1 amide bonds. The van der Waals surface area contributed by atoms with Crippen LogP contribution in [-0.2, 0) is 13.3 Å². The summed E-state index contributed by atoms with van der Waals surface area (Å²) < 4.78 is 12.1. The number of amides is 1. The molecule has 0 aliphatic heterocycles. The van der Waals surface area contributed by atoms with E-state index in [1.54, 1.807) is 21.2 Å². The molecule has 0 rings (SSSR count). The molecule has 5 heteroatoms. The van der Waals surface area contributed by atoms with E-state index in [-0.39, 0.29) is 5.91 Å². The number of nitrogens with one attached hydrogen (secondary N) is 1. The highest BCUT2D eigenvalue weighted by molar-refractivity contribution is 14.2.